The molecule has 0 spiro atoms. The summed E-state index contributed by atoms with van der Waals surface area (Å²) in [6.07, 6.45) is -0.298. The van der Waals surface area contributed by atoms with Crippen LogP contribution in [-0.4, -0.2) is 25.2 Å². The Morgan fingerprint density at radius 2 is 2.27 bits per heavy atom. The first kappa shape index (κ1) is 9.85. The van der Waals surface area contributed by atoms with Crippen molar-refractivity contribution in [2.75, 3.05) is 13.3 Å². The minimum atomic E-state index is -0.942. The van der Waals surface area contributed by atoms with E-state index in [1.165, 1.54) is 5.94 Å². The fraction of sp³-hybridized carbons (Fsp3) is 0.571. The molecule has 0 bridgehead atoms. The minimum Gasteiger partial charge on any atom is -0.466 e. The van der Waals surface area contributed by atoms with Gasteiger partial charge in [0.25, 0.3) is 0 Å². The van der Waals surface area contributed by atoms with Crippen molar-refractivity contribution in [1.82, 2.24) is 0 Å². The van der Waals surface area contributed by atoms with Gasteiger partial charge in [0.15, 0.2) is 0 Å². The van der Waals surface area contributed by atoms with Gasteiger partial charge < -0.3 is 4.74 Å². The average molecular weight is 160 g/mol. The van der Waals surface area contributed by atoms with Crippen LogP contribution in [0.2, 0.25) is 0 Å². The Morgan fingerprint density at radius 3 is 2.64 bits per heavy atom. The van der Waals surface area contributed by atoms with E-state index in [0.717, 1.165) is 0 Å². The SMILES string of the molecule is CCOC(=O)CC(=C=O)CF. The molecule has 0 radical (unpaired) electrons. The Morgan fingerprint density at radius 1 is 1.64 bits per heavy atom. The van der Waals surface area contributed by atoms with Crippen LogP contribution in [0.15, 0.2) is 5.57 Å². The van der Waals surface area contributed by atoms with Crippen LogP contribution in [-0.2, 0) is 14.3 Å². The topological polar surface area (TPSA) is 43.4 Å². The molecule has 0 amide bonds. The van der Waals surface area contributed by atoms with Crippen LogP contribution in [0.3, 0.4) is 0 Å². The van der Waals surface area contributed by atoms with Gasteiger partial charge in [0.2, 0.25) is 0 Å². The van der Waals surface area contributed by atoms with Gasteiger partial charge in [-0.25, -0.2) is 9.18 Å². The van der Waals surface area contributed by atoms with E-state index in [-0.39, 0.29) is 18.6 Å². The summed E-state index contributed by atoms with van der Waals surface area (Å²) in [5.74, 6) is 0.738. The number of alkyl halides is 1. The van der Waals surface area contributed by atoms with Crippen molar-refractivity contribution in [3.63, 3.8) is 0 Å². The van der Waals surface area contributed by atoms with Crippen molar-refractivity contribution in [2.24, 2.45) is 0 Å². The standard InChI is InChI=1S/C7H9FO3/c1-2-11-7(10)3-6(4-8)5-9/h2-4H2,1H3. The molecule has 0 rings (SSSR count). The lowest BCUT2D eigenvalue weighted by Gasteiger charge is -1.98. The second kappa shape index (κ2) is 5.62. The predicted molar refractivity (Wildman–Crippen MR) is 36.4 cm³/mol. The average Bonchev–Trinajstić information content (AvgIpc) is 2.01. The first-order valence-electron chi connectivity index (χ1n) is 3.19. The highest BCUT2D eigenvalue weighted by atomic mass is 19.1. The molecule has 0 N–H and O–H groups in total. The number of hydrogen-bond acceptors (Lipinski definition) is 3. The number of halogens is 1. The Bertz CT molecular complexity index is 182. The summed E-state index contributed by atoms with van der Waals surface area (Å²) < 4.78 is 16.2. The molecule has 0 aliphatic carbocycles. The first-order chi connectivity index (χ1) is 5.24. The van der Waals surface area contributed by atoms with Crippen molar-refractivity contribution in [3.05, 3.63) is 5.57 Å². The van der Waals surface area contributed by atoms with Crippen LogP contribution in [0.25, 0.3) is 0 Å². The molecule has 0 unspecified atom stereocenters. The van der Waals surface area contributed by atoms with Crippen molar-refractivity contribution in [2.45, 2.75) is 13.3 Å². The van der Waals surface area contributed by atoms with Gasteiger partial charge in [0, 0.05) is 0 Å². The molecule has 0 aromatic rings. The lowest BCUT2D eigenvalue weighted by atomic mass is 10.2. The number of hydrogen-bond donors (Lipinski definition) is 0. The maximum absolute atomic E-state index is 11.8. The summed E-state index contributed by atoms with van der Waals surface area (Å²) in [5, 5.41) is 0. The van der Waals surface area contributed by atoms with Crippen LogP contribution in [0, 0.1) is 0 Å². The summed E-state index contributed by atoms with van der Waals surface area (Å²) in [5.41, 5.74) is -0.205. The zero-order valence-corrected chi connectivity index (χ0v) is 6.22. The van der Waals surface area contributed by atoms with Crippen LogP contribution in [0.5, 0.6) is 0 Å². The van der Waals surface area contributed by atoms with Gasteiger partial charge in [-0.15, -0.1) is 0 Å². The summed E-state index contributed by atoms with van der Waals surface area (Å²) >= 11 is 0. The molecule has 0 saturated heterocycles. The van der Waals surface area contributed by atoms with Gasteiger partial charge in [0.1, 0.15) is 12.6 Å². The molecule has 4 heteroatoms. The molecule has 0 heterocycles. The fourth-order valence-electron chi connectivity index (χ4n) is 0.497. The van der Waals surface area contributed by atoms with Gasteiger partial charge in [-0.3, -0.25) is 4.79 Å². The summed E-state index contributed by atoms with van der Waals surface area (Å²) in [7, 11) is 0. The molecule has 0 aliphatic heterocycles. The van der Waals surface area contributed by atoms with Crippen molar-refractivity contribution in [3.8, 4) is 0 Å². The van der Waals surface area contributed by atoms with E-state index in [0.29, 0.717) is 0 Å². The summed E-state index contributed by atoms with van der Waals surface area (Å²) in [4.78, 5) is 20.4. The third kappa shape index (κ3) is 4.28. The molecular weight excluding hydrogens is 151 g/mol. The van der Waals surface area contributed by atoms with Crippen LogP contribution in [0.1, 0.15) is 13.3 Å². The van der Waals surface area contributed by atoms with E-state index >= 15 is 0 Å². The summed E-state index contributed by atoms with van der Waals surface area (Å²) in [6.45, 7) is 0.928. The zero-order valence-electron chi connectivity index (χ0n) is 6.22. The number of carbonyl (C=O) groups excluding carboxylic acids is 2. The van der Waals surface area contributed by atoms with E-state index in [4.69, 9.17) is 0 Å². The highest BCUT2D eigenvalue weighted by Gasteiger charge is 2.06. The number of ether oxygens (including phenoxy) is 1. The Kier molecular flexibility index (Phi) is 5.03. The van der Waals surface area contributed by atoms with Crippen molar-refractivity contribution < 1.29 is 18.7 Å². The van der Waals surface area contributed by atoms with Gasteiger partial charge in [-0.1, -0.05) is 0 Å². The number of esters is 1. The Labute approximate surface area is 63.8 Å². The third-order valence-electron chi connectivity index (χ3n) is 0.969. The van der Waals surface area contributed by atoms with Gasteiger partial charge in [-0.05, 0) is 6.92 Å². The largest absolute Gasteiger partial charge is 0.466 e. The Balaban J connectivity index is 3.83. The zero-order chi connectivity index (χ0) is 8.69. The molecule has 0 aromatic heterocycles. The maximum Gasteiger partial charge on any atom is 0.310 e. The molecular formula is C7H9FO3. The van der Waals surface area contributed by atoms with Gasteiger partial charge in [-0.2, -0.15) is 0 Å². The van der Waals surface area contributed by atoms with Crippen molar-refractivity contribution >= 4 is 11.9 Å². The lowest BCUT2D eigenvalue weighted by molar-refractivity contribution is -0.142. The highest BCUT2D eigenvalue weighted by Crippen LogP contribution is 1.98. The number of rotatable bonds is 4. The monoisotopic (exact) mass is 160 g/mol. The third-order valence-corrected chi connectivity index (χ3v) is 0.969. The second-order valence-corrected chi connectivity index (χ2v) is 1.82. The minimum absolute atomic E-state index is 0.205. The normalized spacial score (nSPS) is 8.55. The molecule has 0 fully saturated rings. The summed E-state index contributed by atoms with van der Waals surface area (Å²) in [6, 6.07) is 0. The van der Waals surface area contributed by atoms with E-state index in [1.807, 2.05) is 0 Å². The van der Waals surface area contributed by atoms with Crippen LogP contribution in [0.4, 0.5) is 4.39 Å². The van der Waals surface area contributed by atoms with E-state index in [1.54, 1.807) is 6.92 Å². The predicted octanol–water partition coefficient (Wildman–Crippen LogP) is 0.667. The van der Waals surface area contributed by atoms with E-state index < -0.39 is 12.6 Å². The van der Waals surface area contributed by atoms with Crippen LogP contribution < -0.4 is 0 Å². The molecule has 11 heavy (non-hydrogen) atoms. The van der Waals surface area contributed by atoms with Gasteiger partial charge in [0.05, 0.1) is 18.6 Å². The molecule has 0 saturated carbocycles. The van der Waals surface area contributed by atoms with E-state index in [2.05, 4.69) is 4.74 Å². The number of carbonyl (C=O) groups is 1. The smallest absolute Gasteiger partial charge is 0.310 e. The fourth-order valence-corrected chi connectivity index (χ4v) is 0.497. The molecule has 3 nitrogen and oxygen atoms in total. The molecule has 0 aromatic carbocycles. The molecule has 0 atom stereocenters. The van der Waals surface area contributed by atoms with Crippen LogP contribution >= 0.6 is 0 Å². The first-order valence-corrected chi connectivity index (χ1v) is 3.19. The lowest BCUT2D eigenvalue weighted by Crippen LogP contribution is -2.06. The van der Waals surface area contributed by atoms with E-state index in [9.17, 15) is 14.0 Å². The Hall–Kier alpha value is -1.15. The highest BCUT2D eigenvalue weighted by molar-refractivity contribution is 5.76. The van der Waals surface area contributed by atoms with Gasteiger partial charge >= 0.3 is 5.97 Å². The maximum atomic E-state index is 11.8. The molecule has 62 valence electrons. The second-order valence-electron chi connectivity index (χ2n) is 1.82. The van der Waals surface area contributed by atoms with Crippen molar-refractivity contribution in [1.29, 1.82) is 0 Å². The molecule has 0 aliphatic rings. The quantitative estimate of drug-likeness (QED) is 0.448.